The third-order valence-electron chi connectivity index (χ3n) is 0.0598. The van der Waals surface area contributed by atoms with Gasteiger partial charge in [-0.25, -0.2) is 0 Å². The molecule has 0 aromatic carbocycles. The van der Waals surface area contributed by atoms with Gasteiger partial charge in [-0.1, -0.05) is 0 Å². The van der Waals surface area contributed by atoms with Crippen molar-refractivity contribution in [1.82, 2.24) is 0 Å². The van der Waals surface area contributed by atoms with Gasteiger partial charge < -0.3 is 0 Å². The molecule has 0 fully saturated rings. The third kappa shape index (κ3) is 2.89. The molecule has 0 bridgehead atoms. The Morgan fingerprint density at radius 2 is 2.25 bits per heavy atom. The van der Waals surface area contributed by atoms with Crippen LogP contribution in [0.15, 0.2) is 0 Å². The SMILES string of the molecule is N=PBI. The van der Waals surface area contributed by atoms with E-state index in [9.17, 15) is 0 Å². The van der Waals surface area contributed by atoms with Gasteiger partial charge in [0.2, 0.25) is 0 Å². The van der Waals surface area contributed by atoms with E-state index in [1.807, 2.05) is 0 Å². The molecule has 0 amide bonds. The second kappa shape index (κ2) is 3.89. The van der Waals surface area contributed by atoms with Crippen molar-refractivity contribution in [2.75, 3.05) is 0 Å². The highest BCUT2D eigenvalue weighted by molar-refractivity contribution is 14.1. The van der Waals surface area contributed by atoms with Crippen LogP contribution in [0.5, 0.6) is 0 Å². The van der Waals surface area contributed by atoms with Crippen LogP contribution in [0.25, 0.3) is 0 Å². The Morgan fingerprint density at radius 3 is 2.25 bits per heavy atom. The van der Waals surface area contributed by atoms with E-state index in [4.69, 9.17) is 5.16 Å². The molecule has 4 heteroatoms. The fourth-order valence-electron chi connectivity index (χ4n) is 0. The highest BCUT2D eigenvalue weighted by Gasteiger charge is 1.59. The minimum absolute atomic E-state index is 0.735. The van der Waals surface area contributed by atoms with Gasteiger partial charge in [0.25, 0.3) is 4.86 Å². The zero-order valence-corrected chi connectivity index (χ0v) is 5.08. The van der Waals surface area contributed by atoms with Gasteiger partial charge in [-0.2, -0.15) is 0 Å². The van der Waals surface area contributed by atoms with Crippen molar-refractivity contribution in [2.24, 2.45) is 0 Å². The lowest BCUT2D eigenvalue weighted by atomic mass is 10.8. The highest BCUT2D eigenvalue weighted by Crippen LogP contribution is 1.90. The fourth-order valence-corrected chi connectivity index (χ4v) is 0. The molecule has 22 valence electrons. The van der Waals surface area contributed by atoms with E-state index in [1.54, 1.807) is 0 Å². The van der Waals surface area contributed by atoms with Gasteiger partial charge in [-0.15, -0.1) is 22.4 Å². The van der Waals surface area contributed by atoms with E-state index in [0.717, 1.165) is 13.1 Å². The summed E-state index contributed by atoms with van der Waals surface area (Å²) in [7, 11) is 0.735. The van der Waals surface area contributed by atoms with Crippen LogP contribution in [0.4, 0.5) is 0 Å². The summed E-state index contributed by atoms with van der Waals surface area (Å²) in [6.45, 7) is 0. The Balaban J connectivity index is 2.30. The van der Waals surface area contributed by atoms with Crippen LogP contribution in [-0.4, -0.2) is 4.86 Å². The van der Waals surface area contributed by atoms with Crippen LogP contribution in [0.3, 0.4) is 0 Å². The van der Waals surface area contributed by atoms with Crippen LogP contribution in [0, 0.1) is 5.16 Å². The Bertz CT molecular complexity index is 22.0. The maximum absolute atomic E-state index is 6.42. The molecule has 0 rings (SSSR count). The monoisotopic (exact) mass is 185 g/mol. The fraction of sp³-hybridized carbons (Fsp3) is 0. The van der Waals surface area contributed by atoms with Gasteiger partial charge in [0.1, 0.15) is 0 Å². The summed E-state index contributed by atoms with van der Waals surface area (Å²) < 4.78 is 0. The van der Waals surface area contributed by atoms with Crippen LogP contribution >= 0.6 is 30.6 Å². The average Bonchev–Trinajstić information content (AvgIpc) is 1.37. The van der Waals surface area contributed by atoms with Crippen molar-refractivity contribution in [2.45, 2.75) is 0 Å². The molecule has 0 saturated carbocycles. The molecule has 1 N–H and O–H groups in total. The molecular weight excluding hydrogens is 183 g/mol. The highest BCUT2D eigenvalue weighted by atomic mass is 127. The predicted molar refractivity (Wildman–Crippen MR) is 30.8 cm³/mol. The normalized spacial score (nSPS) is 7.25. The zero-order chi connectivity index (χ0) is 3.41. The first-order chi connectivity index (χ1) is 1.91. The summed E-state index contributed by atoms with van der Waals surface area (Å²) in [5.41, 5.74) is 0. The molecule has 4 heavy (non-hydrogen) atoms. The van der Waals surface area contributed by atoms with E-state index >= 15 is 0 Å². The summed E-state index contributed by atoms with van der Waals surface area (Å²) in [6.07, 6.45) is 0. The van der Waals surface area contributed by atoms with Crippen molar-refractivity contribution in [1.29, 1.82) is 5.16 Å². The summed E-state index contributed by atoms with van der Waals surface area (Å²) in [6, 6.07) is 0. The lowest BCUT2D eigenvalue weighted by Crippen LogP contribution is -1.36. The van der Waals surface area contributed by atoms with Gasteiger partial charge in [0.05, 0.1) is 0 Å². The number of hydrogen-bond donors (Lipinski definition) is 1. The molecule has 0 aliphatic heterocycles. The molecule has 0 spiro atoms. The molecule has 0 saturated heterocycles. The molecule has 0 heterocycles. The minimum Gasteiger partial charge on any atom is -0.295 e. The van der Waals surface area contributed by atoms with Gasteiger partial charge >= 0.3 is 0 Å². The lowest BCUT2D eigenvalue weighted by Gasteiger charge is -1.47. The van der Waals surface area contributed by atoms with Gasteiger partial charge in [-0.3, -0.25) is 5.16 Å². The average molecular weight is 185 g/mol. The van der Waals surface area contributed by atoms with Crippen molar-refractivity contribution in [3.05, 3.63) is 0 Å². The Morgan fingerprint density at radius 1 is 2.00 bits per heavy atom. The Labute approximate surface area is 40.9 Å². The maximum atomic E-state index is 6.42. The van der Waals surface area contributed by atoms with Gasteiger partial charge in [0.15, 0.2) is 0 Å². The maximum Gasteiger partial charge on any atom is 0.282 e. The van der Waals surface area contributed by atoms with E-state index < -0.39 is 0 Å². The zero-order valence-electron chi connectivity index (χ0n) is 2.03. The number of hydrogen-bond acceptors (Lipinski definition) is 1. The van der Waals surface area contributed by atoms with E-state index in [-0.39, 0.29) is 0 Å². The summed E-state index contributed by atoms with van der Waals surface area (Å²) in [5.74, 6) is 0. The summed E-state index contributed by atoms with van der Waals surface area (Å²) >= 11 is 2.15. The van der Waals surface area contributed by atoms with E-state index in [2.05, 4.69) is 22.4 Å². The predicted octanol–water partition coefficient (Wildman–Crippen LogP) is 1.40. The molecular formula is H2BINP. The second-order valence-corrected chi connectivity index (χ2v) is 2.88. The first kappa shape index (κ1) is 4.89. The lowest BCUT2D eigenvalue weighted by molar-refractivity contribution is 1.66. The minimum atomic E-state index is 0.735. The molecule has 0 unspecified atom stereocenters. The number of nitrogens with one attached hydrogen (secondary N) is 1. The van der Waals surface area contributed by atoms with Crippen LogP contribution < -0.4 is 0 Å². The second-order valence-electron chi connectivity index (χ2n) is 0.278. The van der Waals surface area contributed by atoms with Crippen LogP contribution in [-0.2, 0) is 0 Å². The third-order valence-corrected chi connectivity index (χ3v) is 1.20. The first-order valence-electron chi connectivity index (χ1n) is 0.807. The molecule has 0 aromatic rings. The molecule has 0 radical (unpaired) electrons. The topological polar surface area (TPSA) is 23.9 Å². The summed E-state index contributed by atoms with van der Waals surface area (Å²) in [5, 5.41) is 6.42. The van der Waals surface area contributed by atoms with Crippen molar-refractivity contribution >= 4 is 35.5 Å². The Hall–Kier alpha value is 0.895. The van der Waals surface area contributed by atoms with Crippen molar-refractivity contribution in [3.63, 3.8) is 0 Å². The van der Waals surface area contributed by atoms with Crippen LogP contribution in [0.1, 0.15) is 0 Å². The molecule has 0 atom stereocenters. The summed E-state index contributed by atoms with van der Waals surface area (Å²) in [4.78, 5) is 0.928. The molecule has 0 aromatic heterocycles. The van der Waals surface area contributed by atoms with Crippen molar-refractivity contribution in [3.8, 4) is 0 Å². The first-order valence-corrected chi connectivity index (χ1v) is 3.41. The molecule has 1 nitrogen and oxygen atoms in total. The van der Waals surface area contributed by atoms with E-state index in [1.165, 1.54) is 0 Å². The van der Waals surface area contributed by atoms with Crippen LogP contribution in [0.2, 0.25) is 0 Å². The molecule has 0 aliphatic rings. The number of halogens is 1. The number of rotatable bonds is 1. The smallest absolute Gasteiger partial charge is 0.282 e. The van der Waals surface area contributed by atoms with Gasteiger partial charge in [-0.05, 0) is 8.25 Å². The Kier molecular flexibility index (Phi) is 4.77. The molecule has 0 aliphatic carbocycles. The standard InChI is InChI=1S/BH2INP/c2-1-4-3/h1,3H. The quantitative estimate of drug-likeness (QED) is 0.362. The van der Waals surface area contributed by atoms with E-state index in [0.29, 0.717) is 0 Å². The van der Waals surface area contributed by atoms with Crippen molar-refractivity contribution < 1.29 is 0 Å². The largest absolute Gasteiger partial charge is 0.295 e. The van der Waals surface area contributed by atoms with Gasteiger partial charge in [0, 0.05) is 0 Å².